The van der Waals surface area contributed by atoms with Crippen LogP contribution >= 0.6 is 0 Å². The molecule has 17 heavy (non-hydrogen) atoms. The predicted molar refractivity (Wildman–Crippen MR) is 64.7 cm³/mol. The van der Waals surface area contributed by atoms with Crippen molar-refractivity contribution in [2.45, 2.75) is 38.5 Å². The molecule has 1 aliphatic rings. The topological polar surface area (TPSA) is 70.0 Å². The lowest BCUT2D eigenvalue weighted by Crippen LogP contribution is -2.34. The number of carbonyl (C=O) groups excluding carboxylic acids is 1. The Labute approximate surface area is 101 Å². The second-order valence-corrected chi connectivity index (χ2v) is 4.01. The third-order valence-corrected chi connectivity index (χ3v) is 2.63. The number of aliphatic carboxylic acids is 1. The van der Waals surface area contributed by atoms with Gasteiger partial charge in [0.2, 0.25) is 5.91 Å². The number of allylic oxidation sites excluding steroid dienone is 1. The molecule has 0 atom stereocenters. The van der Waals surface area contributed by atoms with Crippen molar-refractivity contribution in [3.05, 3.63) is 12.7 Å². The van der Waals surface area contributed by atoms with E-state index in [1.165, 1.54) is 5.01 Å². The Balaban J connectivity index is 2.39. The number of rotatable bonds is 7. The van der Waals surface area contributed by atoms with E-state index in [2.05, 4.69) is 11.7 Å². The Morgan fingerprint density at radius 2 is 2.18 bits per heavy atom. The molecule has 1 rings (SSSR count). The summed E-state index contributed by atoms with van der Waals surface area (Å²) in [4.78, 5) is 22.2. The van der Waals surface area contributed by atoms with Crippen molar-refractivity contribution in [1.29, 1.82) is 0 Å². The molecule has 0 aromatic carbocycles. The molecule has 0 unspecified atom stereocenters. The van der Waals surface area contributed by atoms with E-state index in [0.717, 1.165) is 25.7 Å². The van der Waals surface area contributed by atoms with Gasteiger partial charge in [0, 0.05) is 19.4 Å². The highest BCUT2D eigenvalue weighted by Crippen LogP contribution is 2.11. The van der Waals surface area contributed by atoms with Gasteiger partial charge in [0.25, 0.3) is 0 Å². The highest BCUT2D eigenvalue weighted by Gasteiger charge is 2.23. The predicted octanol–water partition coefficient (Wildman–Crippen LogP) is 1.80. The lowest BCUT2D eigenvalue weighted by Gasteiger charge is -2.21. The number of unbranched alkanes of at least 4 members (excludes halogenated alkanes) is 3. The molecule has 0 aliphatic carbocycles. The van der Waals surface area contributed by atoms with Gasteiger partial charge in [-0.15, -0.1) is 6.58 Å². The molecule has 0 bridgehead atoms. The largest absolute Gasteiger partial charge is 0.477 e. The first kappa shape index (κ1) is 13.4. The SMILES string of the molecule is C=CCCCCCN1N=C(C(=O)O)CCC1=O. The van der Waals surface area contributed by atoms with E-state index in [1.807, 2.05) is 6.08 Å². The van der Waals surface area contributed by atoms with Gasteiger partial charge in [-0.05, 0) is 19.3 Å². The molecule has 0 fully saturated rings. The molecule has 0 saturated carbocycles. The van der Waals surface area contributed by atoms with E-state index >= 15 is 0 Å². The maximum Gasteiger partial charge on any atom is 0.352 e. The van der Waals surface area contributed by atoms with E-state index in [9.17, 15) is 9.59 Å². The minimum Gasteiger partial charge on any atom is -0.477 e. The molecule has 0 saturated heterocycles. The van der Waals surface area contributed by atoms with E-state index in [0.29, 0.717) is 6.54 Å². The summed E-state index contributed by atoms with van der Waals surface area (Å²) in [6.45, 7) is 4.14. The van der Waals surface area contributed by atoms with Crippen LogP contribution in [0.2, 0.25) is 0 Å². The number of hydrazone groups is 1. The monoisotopic (exact) mass is 238 g/mol. The number of carbonyl (C=O) groups is 2. The van der Waals surface area contributed by atoms with E-state index in [-0.39, 0.29) is 24.5 Å². The standard InChI is InChI=1S/C12H18N2O3/c1-2-3-4-5-6-9-14-11(15)8-7-10(13-14)12(16)17/h2H,1,3-9H2,(H,16,17). The van der Waals surface area contributed by atoms with Crippen LogP contribution in [-0.2, 0) is 9.59 Å². The maximum absolute atomic E-state index is 11.5. The molecule has 1 N–H and O–H groups in total. The molecule has 5 nitrogen and oxygen atoms in total. The fourth-order valence-corrected chi connectivity index (χ4v) is 1.66. The molecule has 0 radical (unpaired) electrons. The summed E-state index contributed by atoms with van der Waals surface area (Å²) in [6.07, 6.45) is 6.20. The number of carboxylic acids is 1. The van der Waals surface area contributed by atoms with Gasteiger partial charge in [-0.3, -0.25) is 4.79 Å². The Bertz CT molecular complexity index is 337. The van der Waals surface area contributed by atoms with Crippen LogP contribution < -0.4 is 0 Å². The van der Waals surface area contributed by atoms with Gasteiger partial charge in [-0.25, -0.2) is 9.80 Å². The molecule has 0 aromatic rings. The summed E-state index contributed by atoms with van der Waals surface area (Å²) in [6, 6.07) is 0. The first-order valence-electron chi connectivity index (χ1n) is 5.87. The molecule has 5 heteroatoms. The lowest BCUT2D eigenvalue weighted by atomic mass is 10.1. The molecular formula is C12H18N2O3. The van der Waals surface area contributed by atoms with Gasteiger partial charge in [0.1, 0.15) is 5.71 Å². The minimum absolute atomic E-state index is 0.0793. The summed E-state index contributed by atoms with van der Waals surface area (Å²) in [5.74, 6) is -1.12. The molecule has 1 amide bonds. The van der Waals surface area contributed by atoms with Crippen LogP contribution in [-0.4, -0.2) is 34.2 Å². The quantitative estimate of drug-likeness (QED) is 0.543. The number of hydrogen-bond donors (Lipinski definition) is 1. The molecule has 94 valence electrons. The zero-order valence-corrected chi connectivity index (χ0v) is 9.89. The molecule has 0 aromatic heterocycles. The summed E-state index contributed by atoms with van der Waals surface area (Å²) < 4.78 is 0. The van der Waals surface area contributed by atoms with Gasteiger partial charge in [0.15, 0.2) is 0 Å². The molecule has 0 spiro atoms. The van der Waals surface area contributed by atoms with Gasteiger partial charge in [-0.1, -0.05) is 12.5 Å². The number of hydrogen-bond acceptors (Lipinski definition) is 3. The van der Waals surface area contributed by atoms with Crippen molar-refractivity contribution in [3.8, 4) is 0 Å². The number of carboxylic acid groups (broad SMARTS) is 1. The Morgan fingerprint density at radius 3 is 2.82 bits per heavy atom. The summed E-state index contributed by atoms with van der Waals surface area (Å²) in [5.41, 5.74) is 0.0793. The van der Waals surface area contributed by atoms with Gasteiger partial charge in [-0.2, -0.15) is 5.10 Å². The summed E-state index contributed by atoms with van der Waals surface area (Å²) >= 11 is 0. The highest BCUT2D eigenvalue weighted by molar-refractivity contribution is 6.36. The zero-order valence-electron chi connectivity index (χ0n) is 9.89. The van der Waals surface area contributed by atoms with Crippen LogP contribution in [0, 0.1) is 0 Å². The van der Waals surface area contributed by atoms with Crippen LogP contribution in [0.3, 0.4) is 0 Å². The molecule has 1 heterocycles. The first-order valence-corrected chi connectivity index (χ1v) is 5.87. The Morgan fingerprint density at radius 1 is 1.41 bits per heavy atom. The average molecular weight is 238 g/mol. The fraction of sp³-hybridized carbons (Fsp3) is 0.583. The van der Waals surface area contributed by atoms with Crippen LogP contribution in [0.5, 0.6) is 0 Å². The van der Waals surface area contributed by atoms with Crippen LogP contribution in [0.15, 0.2) is 17.8 Å². The van der Waals surface area contributed by atoms with E-state index in [4.69, 9.17) is 5.11 Å². The van der Waals surface area contributed by atoms with Gasteiger partial charge < -0.3 is 5.11 Å². The van der Waals surface area contributed by atoms with Crippen molar-refractivity contribution in [3.63, 3.8) is 0 Å². The smallest absolute Gasteiger partial charge is 0.352 e. The zero-order chi connectivity index (χ0) is 12.7. The lowest BCUT2D eigenvalue weighted by molar-refractivity contribution is -0.132. The van der Waals surface area contributed by atoms with Crippen LogP contribution in [0.1, 0.15) is 38.5 Å². The fourth-order valence-electron chi connectivity index (χ4n) is 1.66. The number of nitrogens with zero attached hydrogens (tertiary/aromatic N) is 2. The highest BCUT2D eigenvalue weighted by atomic mass is 16.4. The van der Waals surface area contributed by atoms with Crippen molar-refractivity contribution in [2.75, 3.05) is 6.54 Å². The third-order valence-electron chi connectivity index (χ3n) is 2.63. The maximum atomic E-state index is 11.5. The third kappa shape index (κ3) is 4.38. The average Bonchev–Trinajstić information content (AvgIpc) is 2.30. The van der Waals surface area contributed by atoms with E-state index in [1.54, 1.807) is 0 Å². The minimum atomic E-state index is -1.03. The van der Waals surface area contributed by atoms with Crippen LogP contribution in [0.4, 0.5) is 0 Å². The first-order chi connectivity index (χ1) is 8.15. The van der Waals surface area contributed by atoms with Crippen molar-refractivity contribution < 1.29 is 14.7 Å². The van der Waals surface area contributed by atoms with Crippen molar-refractivity contribution in [2.24, 2.45) is 5.10 Å². The van der Waals surface area contributed by atoms with Crippen LogP contribution in [0.25, 0.3) is 0 Å². The second kappa shape index (κ2) is 6.83. The summed E-state index contributed by atoms with van der Waals surface area (Å²) in [5, 5.41) is 14.0. The van der Waals surface area contributed by atoms with E-state index < -0.39 is 5.97 Å². The Kier molecular flexibility index (Phi) is 5.39. The van der Waals surface area contributed by atoms with Crippen molar-refractivity contribution in [1.82, 2.24) is 5.01 Å². The normalized spacial score (nSPS) is 15.6. The second-order valence-electron chi connectivity index (χ2n) is 4.01. The van der Waals surface area contributed by atoms with Crippen molar-refractivity contribution >= 4 is 17.6 Å². The number of amides is 1. The van der Waals surface area contributed by atoms with Gasteiger partial charge >= 0.3 is 5.97 Å². The Hall–Kier alpha value is -1.65. The molecule has 1 aliphatic heterocycles. The molecular weight excluding hydrogens is 220 g/mol. The van der Waals surface area contributed by atoms with Gasteiger partial charge in [0.05, 0.1) is 0 Å². The summed E-state index contributed by atoms with van der Waals surface area (Å²) in [7, 11) is 0.